The zero-order valence-corrected chi connectivity index (χ0v) is 9.87. The van der Waals surface area contributed by atoms with Crippen LogP contribution in [0.2, 0.25) is 0 Å². The van der Waals surface area contributed by atoms with Crippen LogP contribution in [0.4, 0.5) is 5.82 Å². The van der Waals surface area contributed by atoms with Gasteiger partial charge in [-0.1, -0.05) is 0 Å². The smallest absolute Gasteiger partial charge is 0.257 e. The summed E-state index contributed by atoms with van der Waals surface area (Å²) in [5, 5.41) is 0. The zero-order chi connectivity index (χ0) is 11.4. The minimum absolute atomic E-state index is 0.00750. The molecule has 0 aliphatic carbocycles. The van der Waals surface area contributed by atoms with Crippen molar-refractivity contribution in [3.8, 4) is 0 Å². The lowest BCUT2D eigenvalue weighted by atomic mass is 10.2. The Bertz CT molecular complexity index is 375. The van der Waals surface area contributed by atoms with Crippen molar-refractivity contribution in [3.63, 3.8) is 0 Å². The zero-order valence-electron chi connectivity index (χ0n) is 9.06. The van der Waals surface area contributed by atoms with Crippen LogP contribution in [-0.4, -0.2) is 40.4 Å². The lowest BCUT2D eigenvalue weighted by Gasteiger charge is -2.20. The molecule has 0 bridgehead atoms. The van der Waals surface area contributed by atoms with Crippen LogP contribution in [0.5, 0.6) is 0 Å². The molecule has 1 aliphatic heterocycles. The fourth-order valence-electron chi connectivity index (χ4n) is 1.72. The highest BCUT2D eigenvalue weighted by molar-refractivity contribution is 7.99. The molecule has 1 aromatic heterocycles. The highest BCUT2D eigenvalue weighted by Crippen LogP contribution is 2.15. The summed E-state index contributed by atoms with van der Waals surface area (Å²) in [6, 6.07) is 3.48. The lowest BCUT2D eigenvalue weighted by molar-refractivity contribution is 0.0769. The lowest BCUT2D eigenvalue weighted by Crippen LogP contribution is -2.33. The number of hydrogen-bond acceptors (Lipinski definition) is 4. The van der Waals surface area contributed by atoms with E-state index in [1.54, 1.807) is 18.3 Å². The summed E-state index contributed by atoms with van der Waals surface area (Å²) in [4.78, 5) is 18.0. The van der Waals surface area contributed by atoms with E-state index >= 15 is 0 Å². The van der Waals surface area contributed by atoms with Gasteiger partial charge in [-0.15, -0.1) is 0 Å². The summed E-state index contributed by atoms with van der Waals surface area (Å²) >= 11 is 1.90. The summed E-state index contributed by atoms with van der Waals surface area (Å²) in [5.74, 6) is 2.47. The second-order valence-electron chi connectivity index (χ2n) is 3.69. The Hall–Kier alpha value is -1.23. The van der Waals surface area contributed by atoms with Gasteiger partial charge in [-0.05, 0) is 24.3 Å². The number of hydrogen-bond donors (Lipinski definition) is 1. The fraction of sp³-hybridized carbons (Fsp3) is 0.455. The molecule has 4 nitrogen and oxygen atoms in total. The first-order chi connectivity index (χ1) is 7.79. The van der Waals surface area contributed by atoms with Crippen LogP contribution in [0.1, 0.15) is 16.8 Å². The van der Waals surface area contributed by atoms with Gasteiger partial charge >= 0.3 is 0 Å². The van der Waals surface area contributed by atoms with E-state index in [0.717, 1.165) is 31.0 Å². The van der Waals surface area contributed by atoms with Crippen molar-refractivity contribution in [1.82, 2.24) is 9.88 Å². The van der Waals surface area contributed by atoms with Crippen LogP contribution < -0.4 is 5.73 Å². The van der Waals surface area contributed by atoms with Gasteiger partial charge in [0, 0.05) is 25.0 Å². The molecule has 2 N–H and O–H groups in total. The molecule has 2 heterocycles. The van der Waals surface area contributed by atoms with E-state index in [1.165, 1.54) is 0 Å². The molecule has 1 aromatic rings. The van der Waals surface area contributed by atoms with Crippen molar-refractivity contribution in [2.45, 2.75) is 6.42 Å². The summed E-state index contributed by atoms with van der Waals surface area (Å²) in [6.07, 6.45) is 2.65. The maximum atomic E-state index is 12.2. The number of carbonyl (C=O) groups is 1. The quantitative estimate of drug-likeness (QED) is 0.798. The molecule has 2 rings (SSSR count). The van der Waals surface area contributed by atoms with E-state index in [0.29, 0.717) is 11.4 Å². The van der Waals surface area contributed by atoms with Crippen LogP contribution in [0, 0.1) is 0 Å². The summed E-state index contributed by atoms with van der Waals surface area (Å²) in [7, 11) is 0. The maximum absolute atomic E-state index is 12.2. The number of nitrogen functional groups attached to an aromatic ring is 1. The van der Waals surface area contributed by atoms with Crippen molar-refractivity contribution in [2.24, 2.45) is 0 Å². The van der Waals surface area contributed by atoms with Gasteiger partial charge in [0.2, 0.25) is 0 Å². The summed E-state index contributed by atoms with van der Waals surface area (Å²) in [6.45, 7) is 1.62. The van der Waals surface area contributed by atoms with Gasteiger partial charge in [-0.3, -0.25) is 4.79 Å². The molecule has 0 saturated carbocycles. The van der Waals surface area contributed by atoms with E-state index < -0.39 is 0 Å². The van der Waals surface area contributed by atoms with Crippen LogP contribution >= 0.6 is 11.8 Å². The number of aromatic nitrogens is 1. The average Bonchev–Trinajstić information content (AvgIpc) is 2.57. The van der Waals surface area contributed by atoms with Crippen LogP contribution in [0.25, 0.3) is 0 Å². The van der Waals surface area contributed by atoms with E-state index in [2.05, 4.69) is 4.98 Å². The minimum atomic E-state index is 0.00750. The Balaban J connectivity index is 2.14. The normalized spacial score (nSPS) is 16.9. The molecule has 1 fully saturated rings. The van der Waals surface area contributed by atoms with Crippen molar-refractivity contribution in [2.75, 3.05) is 30.3 Å². The van der Waals surface area contributed by atoms with E-state index in [1.807, 2.05) is 16.7 Å². The number of anilines is 1. The van der Waals surface area contributed by atoms with Gasteiger partial charge in [0.15, 0.2) is 0 Å². The molecule has 16 heavy (non-hydrogen) atoms. The number of thioether (sulfide) groups is 1. The first-order valence-electron chi connectivity index (χ1n) is 5.36. The van der Waals surface area contributed by atoms with Gasteiger partial charge in [0.05, 0.1) is 5.56 Å². The Morgan fingerprint density at radius 3 is 3.12 bits per heavy atom. The molecule has 1 saturated heterocycles. The number of amides is 1. The summed E-state index contributed by atoms with van der Waals surface area (Å²) in [5.41, 5.74) is 6.23. The third-order valence-electron chi connectivity index (χ3n) is 2.58. The topological polar surface area (TPSA) is 59.2 Å². The Labute approximate surface area is 99.2 Å². The number of nitrogens with zero attached hydrogens (tertiary/aromatic N) is 2. The first kappa shape index (κ1) is 11.3. The van der Waals surface area contributed by atoms with Crippen molar-refractivity contribution >= 4 is 23.5 Å². The fourth-order valence-corrected chi connectivity index (χ4v) is 2.60. The monoisotopic (exact) mass is 237 g/mol. The SMILES string of the molecule is Nc1ncccc1C(=O)N1CCCSCC1. The molecule has 0 spiro atoms. The largest absolute Gasteiger partial charge is 0.383 e. The van der Waals surface area contributed by atoms with Crippen molar-refractivity contribution in [1.29, 1.82) is 0 Å². The van der Waals surface area contributed by atoms with E-state index in [-0.39, 0.29) is 5.91 Å². The highest BCUT2D eigenvalue weighted by atomic mass is 32.2. The molecular formula is C11H15N3OS. The molecule has 0 radical (unpaired) electrons. The van der Waals surface area contributed by atoms with E-state index in [4.69, 9.17) is 5.73 Å². The molecule has 86 valence electrons. The van der Waals surface area contributed by atoms with Gasteiger partial charge in [-0.25, -0.2) is 4.98 Å². The third kappa shape index (κ3) is 2.47. The van der Waals surface area contributed by atoms with E-state index in [9.17, 15) is 4.79 Å². The van der Waals surface area contributed by atoms with Crippen LogP contribution in [0.15, 0.2) is 18.3 Å². The van der Waals surface area contributed by atoms with Gasteiger partial charge in [0.25, 0.3) is 5.91 Å². The Kier molecular flexibility index (Phi) is 3.66. The van der Waals surface area contributed by atoms with Crippen LogP contribution in [0.3, 0.4) is 0 Å². The third-order valence-corrected chi connectivity index (χ3v) is 3.63. The maximum Gasteiger partial charge on any atom is 0.257 e. The Morgan fingerprint density at radius 2 is 2.31 bits per heavy atom. The molecule has 0 aromatic carbocycles. The Morgan fingerprint density at radius 1 is 1.44 bits per heavy atom. The van der Waals surface area contributed by atoms with Gasteiger partial charge in [-0.2, -0.15) is 11.8 Å². The molecular weight excluding hydrogens is 222 g/mol. The number of nitrogens with two attached hydrogens (primary N) is 1. The predicted molar refractivity (Wildman–Crippen MR) is 66.5 cm³/mol. The molecule has 1 aliphatic rings. The molecule has 0 atom stereocenters. The first-order valence-corrected chi connectivity index (χ1v) is 6.52. The van der Waals surface area contributed by atoms with Gasteiger partial charge < -0.3 is 10.6 Å². The van der Waals surface area contributed by atoms with Crippen molar-refractivity contribution < 1.29 is 4.79 Å². The summed E-state index contributed by atoms with van der Waals surface area (Å²) < 4.78 is 0. The molecule has 1 amide bonds. The predicted octanol–water partition coefficient (Wildman–Crippen LogP) is 1.24. The second kappa shape index (κ2) is 5.21. The number of pyridine rings is 1. The van der Waals surface area contributed by atoms with Crippen molar-refractivity contribution in [3.05, 3.63) is 23.9 Å². The molecule has 0 unspecified atom stereocenters. The number of carbonyl (C=O) groups excluding carboxylic acids is 1. The molecule has 5 heteroatoms. The number of rotatable bonds is 1. The second-order valence-corrected chi connectivity index (χ2v) is 4.92. The highest BCUT2D eigenvalue weighted by Gasteiger charge is 2.19. The standard InChI is InChI=1S/C11H15N3OS/c12-10-9(3-1-4-13-10)11(15)14-5-2-7-16-8-6-14/h1,3-4H,2,5-8H2,(H2,12,13). The average molecular weight is 237 g/mol. The minimum Gasteiger partial charge on any atom is -0.383 e. The van der Waals surface area contributed by atoms with Gasteiger partial charge in [0.1, 0.15) is 5.82 Å². The van der Waals surface area contributed by atoms with Crippen LogP contribution in [-0.2, 0) is 0 Å².